The average molecular weight is 299 g/mol. The molecule has 5 heteroatoms. The molecule has 0 spiro atoms. The van der Waals surface area contributed by atoms with E-state index in [2.05, 4.69) is 0 Å². The van der Waals surface area contributed by atoms with E-state index in [1.54, 1.807) is 11.8 Å². The smallest absolute Gasteiger partial charge is 0.232 e. The Kier molecular flexibility index (Phi) is 5.55. The van der Waals surface area contributed by atoms with Gasteiger partial charge in [0, 0.05) is 23.9 Å². The van der Waals surface area contributed by atoms with Gasteiger partial charge in [-0.05, 0) is 36.6 Å². The molecule has 19 heavy (non-hydrogen) atoms. The molecular formula is C14H19ClN2OS. The first kappa shape index (κ1) is 14.7. The van der Waals surface area contributed by atoms with E-state index in [9.17, 15) is 4.79 Å². The molecule has 1 atom stereocenters. The third-order valence-electron chi connectivity index (χ3n) is 3.36. The molecule has 1 aliphatic rings. The van der Waals surface area contributed by atoms with Crippen LogP contribution in [0.4, 0.5) is 0 Å². The Morgan fingerprint density at radius 3 is 3.05 bits per heavy atom. The Morgan fingerprint density at radius 1 is 1.53 bits per heavy atom. The monoisotopic (exact) mass is 298 g/mol. The molecule has 1 fully saturated rings. The van der Waals surface area contributed by atoms with E-state index >= 15 is 0 Å². The Hall–Kier alpha value is -0.710. The highest BCUT2D eigenvalue weighted by Crippen LogP contribution is 2.19. The second-order valence-electron chi connectivity index (χ2n) is 4.85. The van der Waals surface area contributed by atoms with Crippen LogP contribution in [0.2, 0.25) is 5.02 Å². The van der Waals surface area contributed by atoms with E-state index in [0.29, 0.717) is 18.2 Å². The van der Waals surface area contributed by atoms with Crippen LogP contribution in [0.25, 0.3) is 0 Å². The summed E-state index contributed by atoms with van der Waals surface area (Å²) in [4.78, 5) is 13.9. The molecule has 0 radical (unpaired) electrons. The fraction of sp³-hybridized carbons (Fsp3) is 0.500. The van der Waals surface area contributed by atoms with E-state index in [-0.39, 0.29) is 5.91 Å². The molecular weight excluding hydrogens is 280 g/mol. The van der Waals surface area contributed by atoms with Crippen LogP contribution < -0.4 is 5.73 Å². The number of thioether (sulfide) groups is 1. The molecule has 1 unspecified atom stereocenters. The third kappa shape index (κ3) is 4.41. The summed E-state index contributed by atoms with van der Waals surface area (Å²) in [7, 11) is 0. The number of amides is 1. The summed E-state index contributed by atoms with van der Waals surface area (Å²) >= 11 is 7.56. The lowest BCUT2D eigenvalue weighted by Gasteiger charge is -2.15. The predicted molar refractivity (Wildman–Crippen MR) is 81.4 cm³/mol. The number of nitrogens with two attached hydrogens (primary N) is 1. The van der Waals surface area contributed by atoms with Crippen LogP contribution in [-0.4, -0.2) is 36.2 Å². The number of hydrogen-bond acceptors (Lipinski definition) is 3. The number of carbonyl (C=O) groups is 1. The van der Waals surface area contributed by atoms with Gasteiger partial charge < -0.3 is 10.6 Å². The summed E-state index contributed by atoms with van der Waals surface area (Å²) in [5.41, 5.74) is 6.79. The Bertz CT molecular complexity index is 441. The van der Waals surface area contributed by atoms with Crippen LogP contribution in [-0.2, 0) is 10.5 Å². The summed E-state index contributed by atoms with van der Waals surface area (Å²) in [5.74, 6) is 2.06. The number of carbonyl (C=O) groups excluding carboxylic acids is 1. The molecule has 1 aliphatic heterocycles. The van der Waals surface area contributed by atoms with Crippen LogP contribution in [0, 0.1) is 5.92 Å². The highest BCUT2D eigenvalue weighted by molar-refractivity contribution is 7.99. The van der Waals surface area contributed by atoms with Crippen LogP contribution in [0.15, 0.2) is 24.3 Å². The molecule has 1 amide bonds. The number of halogens is 1. The maximum absolute atomic E-state index is 12.0. The van der Waals surface area contributed by atoms with Crippen LogP contribution in [0.3, 0.4) is 0 Å². The first-order chi connectivity index (χ1) is 9.19. The average Bonchev–Trinajstić information content (AvgIpc) is 2.87. The van der Waals surface area contributed by atoms with Crippen LogP contribution in [0.5, 0.6) is 0 Å². The second-order valence-corrected chi connectivity index (χ2v) is 6.27. The quantitative estimate of drug-likeness (QED) is 0.908. The van der Waals surface area contributed by atoms with Gasteiger partial charge >= 0.3 is 0 Å². The summed E-state index contributed by atoms with van der Waals surface area (Å²) < 4.78 is 0. The summed E-state index contributed by atoms with van der Waals surface area (Å²) in [6.45, 7) is 2.37. The Labute approximate surface area is 123 Å². The molecule has 1 saturated heterocycles. The summed E-state index contributed by atoms with van der Waals surface area (Å²) in [6, 6.07) is 7.77. The topological polar surface area (TPSA) is 46.3 Å². The van der Waals surface area contributed by atoms with Gasteiger partial charge in [-0.3, -0.25) is 4.79 Å². The highest BCUT2D eigenvalue weighted by Gasteiger charge is 2.24. The molecule has 3 nitrogen and oxygen atoms in total. The van der Waals surface area contributed by atoms with Gasteiger partial charge in [-0.2, -0.15) is 0 Å². The zero-order valence-electron chi connectivity index (χ0n) is 10.8. The summed E-state index contributed by atoms with van der Waals surface area (Å²) in [6.07, 6.45) is 1.04. The lowest BCUT2D eigenvalue weighted by molar-refractivity contribution is -0.127. The molecule has 1 heterocycles. The van der Waals surface area contributed by atoms with Crippen molar-refractivity contribution in [2.75, 3.05) is 25.4 Å². The first-order valence-corrected chi connectivity index (χ1v) is 8.02. The van der Waals surface area contributed by atoms with Crippen LogP contribution in [0.1, 0.15) is 12.0 Å². The summed E-state index contributed by atoms with van der Waals surface area (Å²) in [5, 5.41) is 0.745. The normalized spacial score (nSPS) is 18.8. The highest BCUT2D eigenvalue weighted by atomic mass is 35.5. The van der Waals surface area contributed by atoms with Gasteiger partial charge in [-0.15, -0.1) is 11.8 Å². The minimum Gasteiger partial charge on any atom is -0.342 e. The van der Waals surface area contributed by atoms with Gasteiger partial charge in [-0.1, -0.05) is 23.7 Å². The van der Waals surface area contributed by atoms with Gasteiger partial charge in [0.1, 0.15) is 0 Å². The molecule has 104 valence electrons. The van der Waals surface area contributed by atoms with E-state index in [4.69, 9.17) is 17.3 Å². The van der Waals surface area contributed by atoms with E-state index in [0.717, 1.165) is 35.8 Å². The van der Waals surface area contributed by atoms with Crippen molar-refractivity contribution in [2.45, 2.75) is 12.2 Å². The maximum atomic E-state index is 12.0. The standard InChI is InChI=1S/C14H19ClN2OS/c15-13-3-1-2-11(6-13)9-19-10-14(18)17-5-4-12(7-16)8-17/h1-3,6,12H,4-5,7-10,16H2. The predicted octanol–water partition coefficient (Wildman–Crippen LogP) is 2.38. The number of nitrogens with zero attached hydrogens (tertiary/aromatic N) is 1. The van der Waals surface area contributed by atoms with E-state index < -0.39 is 0 Å². The van der Waals surface area contributed by atoms with Gasteiger partial charge in [0.15, 0.2) is 0 Å². The van der Waals surface area contributed by atoms with Crippen molar-refractivity contribution in [3.63, 3.8) is 0 Å². The van der Waals surface area contributed by atoms with E-state index in [1.165, 1.54) is 0 Å². The minimum absolute atomic E-state index is 0.225. The number of rotatable bonds is 5. The van der Waals surface area contributed by atoms with Crippen molar-refractivity contribution < 1.29 is 4.79 Å². The number of hydrogen-bond donors (Lipinski definition) is 1. The van der Waals surface area contributed by atoms with Crippen molar-refractivity contribution in [1.82, 2.24) is 4.90 Å². The molecule has 0 aromatic heterocycles. The van der Waals surface area contributed by atoms with Crippen molar-refractivity contribution in [3.05, 3.63) is 34.9 Å². The maximum Gasteiger partial charge on any atom is 0.232 e. The van der Waals surface area contributed by atoms with Crippen molar-refractivity contribution >= 4 is 29.3 Å². The van der Waals surface area contributed by atoms with E-state index in [1.807, 2.05) is 29.2 Å². The fourth-order valence-corrected chi connectivity index (χ4v) is 3.31. The molecule has 0 aliphatic carbocycles. The molecule has 0 saturated carbocycles. The Morgan fingerprint density at radius 2 is 2.37 bits per heavy atom. The van der Waals surface area contributed by atoms with Crippen molar-refractivity contribution in [3.8, 4) is 0 Å². The zero-order chi connectivity index (χ0) is 13.7. The van der Waals surface area contributed by atoms with Gasteiger partial charge in [0.25, 0.3) is 0 Å². The van der Waals surface area contributed by atoms with Gasteiger partial charge in [-0.25, -0.2) is 0 Å². The lowest BCUT2D eigenvalue weighted by atomic mass is 10.1. The van der Waals surface area contributed by atoms with Crippen molar-refractivity contribution in [2.24, 2.45) is 11.7 Å². The zero-order valence-corrected chi connectivity index (χ0v) is 12.4. The molecule has 1 aromatic rings. The second kappa shape index (κ2) is 7.17. The fourth-order valence-electron chi connectivity index (χ4n) is 2.23. The number of likely N-dealkylation sites (tertiary alicyclic amines) is 1. The molecule has 2 rings (SSSR count). The SMILES string of the molecule is NCC1CCN(C(=O)CSCc2cccc(Cl)c2)C1. The minimum atomic E-state index is 0.225. The Balaban J connectivity index is 1.72. The first-order valence-electron chi connectivity index (χ1n) is 6.49. The van der Waals surface area contributed by atoms with Gasteiger partial charge in [0.05, 0.1) is 5.75 Å². The third-order valence-corrected chi connectivity index (χ3v) is 4.58. The molecule has 1 aromatic carbocycles. The largest absolute Gasteiger partial charge is 0.342 e. The molecule has 2 N–H and O–H groups in total. The van der Waals surface area contributed by atoms with Crippen molar-refractivity contribution in [1.29, 1.82) is 0 Å². The number of benzene rings is 1. The molecule has 0 bridgehead atoms. The van der Waals surface area contributed by atoms with Gasteiger partial charge in [0.2, 0.25) is 5.91 Å². The van der Waals surface area contributed by atoms with Crippen LogP contribution >= 0.6 is 23.4 Å². The lowest BCUT2D eigenvalue weighted by Crippen LogP contribution is -2.31.